The molecule has 0 saturated heterocycles. The monoisotopic (exact) mass is 232 g/mol. The van der Waals surface area contributed by atoms with Crippen LogP contribution in [0.1, 0.15) is 25.0 Å². The Hall–Kier alpha value is -1.66. The van der Waals surface area contributed by atoms with Gasteiger partial charge in [-0.1, -0.05) is 17.7 Å². The minimum Gasteiger partial charge on any atom is -0.398 e. The highest BCUT2D eigenvalue weighted by atomic mass is 32.1. The molecule has 0 aromatic heterocycles. The first-order chi connectivity index (χ1) is 7.51. The molecule has 0 aliphatic rings. The summed E-state index contributed by atoms with van der Waals surface area (Å²) in [5.74, 6) is 0. The Labute approximate surface area is 103 Å². The highest BCUT2D eigenvalue weighted by Crippen LogP contribution is 2.11. The number of benzene rings is 1. The Morgan fingerprint density at radius 3 is 2.50 bits per heavy atom. The fraction of sp³-hybridized carbons (Fsp3) is 0.154. The average Bonchev–Trinajstić information content (AvgIpc) is 2.27. The van der Waals surface area contributed by atoms with E-state index < -0.39 is 0 Å². The smallest absolute Gasteiger partial charge is 0.0991 e. The number of nitriles is 1. The molecule has 16 heavy (non-hydrogen) atoms. The standard InChI is InChI=1S/C9H8N2S.C4H8/c10-5-7-2-1-3-8(4-7)9(11)6-12;1-4(2)3/h1-4,6,12H,11H2;1H2,2-3H3/b9-6-;. The number of thiol groups is 1. The van der Waals surface area contributed by atoms with Crippen LogP contribution in [0, 0.1) is 11.3 Å². The number of allylic oxidation sites excluding steroid dienone is 1. The van der Waals surface area contributed by atoms with E-state index in [0.29, 0.717) is 11.3 Å². The van der Waals surface area contributed by atoms with Gasteiger partial charge in [0.15, 0.2) is 0 Å². The van der Waals surface area contributed by atoms with Crippen molar-refractivity contribution in [2.75, 3.05) is 0 Å². The van der Waals surface area contributed by atoms with E-state index in [1.54, 1.807) is 18.2 Å². The molecule has 0 bridgehead atoms. The third-order valence-corrected chi connectivity index (χ3v) is 1.74. The van der Waals surface area contributed by atoms with Crippen LogP contribution in [-0.4, -0.2) is 0 Å². The van der Waals surface area contributed by atoms with Crippen molar-refractivity contribution in [2.24, 2.45) is 5.73 Å². The van der Waals surface area contributed by atoms with Gasteiger partial charge in [0.25, 0.3) is 0 Å². The molecule has 3 heteroatoms. The number of rotatable bonds is 1. The molecule has 0 aliphatic heterocycles. The Kier molecular flexibility index (Phi) is 6.82. The van der Waals surface area contributed by atoms with Gasteiger partial charge in [-0.25, -0.2) is 0 Å². The summed E-state index contributed by atoms with van der Waals surface area (Å²) in [6, 6.07) is 9.12. The van der Waals surface area contributed by atoms with Gasteiger partial charge < -0.3 is 5.73 Å². The van der Waals surface area contributed by atoms with E-state index in [-0.39, 0.29) is 0 Å². The Morgan fingerprint density at radius 1 is 1.50 bits per heavy atom. The van der Waals surface area contributed by atoms with Gasteiger partial charge in [-0.15, -0.1) is 19.2 Å². The van der Waals surface area contributed by atoms with E-state index in [4.69, 9.17) is 11.0 Å². The summed E-state index contributed by atoms with van der Waals surface area (Å²) >= 11 is 3.92. The van der Waals surface area contributed by atoms with Crippen LogP contribution in [0.25, 0.3) is 5.70 Å². The normalized spacial score (nSPS) is 9.75. The fourth-order valence-electron chi connectivity index (χ4n) is 0.843. The van der Waals surface area contributed by atoms with Crippen LogP contribution in [0.4, 0.5) is 0 Å². The van der Waals surface area contributed by atoms with Gasteiger partial charge in [-0.05, 0) is 37.0 Å². The van der Waals surface area contributed by atoms with Gasteiger partial charge in [0.1, 0.15) is 0 Å². The molecule has 2 N–H and O–H groups in total. The summed E-state index contributed by atoms with van der Waals surface area (Å²) in [4.78, 5) is 0. The van der Waals surface area contributed by atoms with Crippen LogP contribution < -0.4 is 5.73 Å². The third-order valence-electron chi connectivity index (χ3n) is 1.46. The lowest BCUT2D eigenvalue weighted by Crippen LogP contribution is -1.94. The van der Waals surface area contributed by atoms with Gasteiger partial charge >= 0.3 is 0 Å². The van der Waals surface area contributed by atoms with Crippen LogP contribution in [-0.2, 0) is 0 Å². The SMILES string of the molecule is C=C(C)C.N#Cc1cccc(/C(N)=C/S)c1. The van der Waals surface area contributed by atoms with Crippen molar-refractivity contribution in [2.45, 2.75) is 13.8 Å². The quantitative estimate of drug-likeness (QED) is 0.576. The van der Waals surface area contributed by atoms with Gasteiger partial charge in [-0.3, -0.25) is 0 Å². The molecule has 0 atom stereocenters. The van der Waals surface area contributed by atoms with Gasteiger partial charge in [0.05, 0.1) is 11.6 Å². The second kappa shape index (κ2) is 7.61. The lowest BCUT2D eigenvalue weighted by molar-refractivity contribution is 1.42. The molecule has 0 unspecified atom stereocenters. The molecule has 0 spiro atoms. The van der Waals surface area contributed by atoms with E-state index in [9.17, 15) is 0 Å². The molecule has 1 rings (SSSR count). The van der Waals surface area contributed by atoms with Gasteiger partial charge in [-0.2, -0.15) is 5.26 Å². The topological polar surface area (TPSA) is 49.8 Å². The zero-order valence-corrected chi connectivity index (χ0v) is 10.5. The van der Waals surface area contributed by atoms with Crippen molar-refractivity contribution in [3.8, 4) is 6.07 Å². The first-order valence-corrected chi connectivity index (χ1v) is 5.25. The van der Waals surface area contributed by atoms with Crippen molar-refractivity contribution < 1.29 is 0 Å². The van der Waals surface area contributed by atoms with Crippen LogP contribution >= 0.6 is 12.6 Å². The molecule has 0 saturated carbocycles. The average molecular weight is 232 g/mol. The largest absolute Gasteiger partial charge is 0.398 e. The molecule has 1 aromatic carbocycles. The van der Waals surface area contributed by atoms with E-state index in [1.807, 2.05) is 26.0 Å². The van der Waals surface area contributed by atoms with Crippen LogP contribution in [0.3, 0.4) is 0 Å². The van der Waals surface area contributed by atoms with Crippen molar-refractivity contribution >= 4 is 18.3 Å². The number of nitrogens with zero attached hydrogens (tertiary/aromatic N) is 1. The van der Waals surface area contributed by atoms with Crippen LogP contribution in [0.2, 0.25) is 0 Å². The zero-order valence-electron chi connectivity index (χ0n) is 9.57. The first kappa shape index (κ1) is 14.3. The van der Waals surface area contributed by atoms with Gasteiger partial charge in [0, 0.05) is 5.70 Å². The Balaban J connectivity index is 0.000000487. The predicted octanol–water partition coefficient (Wildman–Crippen LogP) is 3.33. The summed E-state index contributed by atoms with van der Waals surface area (Å²) in [5, 5.41) is 10.1. The van der Waals surface area contributed by atoms with E-state index in [2.05, 4.69) is 19.2 Å². The van der Waals surface area contributed by atoms with Crippen LogP contribution in [0.15, 0.2) is 41.8 Å². The predicted molar refractivity (Wildman–Crippen MR) is 72.8 cm³/mol. The van der Waals surface area contributed by atoms with Crippen molar-refractivity contribution in [1.29, 1.82) is 5.26 Å². The molecule has 0 aliphatic carbocycles. The minimum atomic E-state index is 0.565. The molecule has 0 heterocycles. The summed E-state index contributed by atoms with van der Waals surface area (Å²) < 4.78 is 0. The second-order valence-corrected chi connectivity index (χ2v) is 3.74. The number of nitrogens with two attached hydrogens (primary N) is 1. The maximum atomic E-state index is 8.59. The third kappa shape index (κ3) is 5.94. The fourth-order valence-corrected chi connectivity index (χ4v) is 0.992. The first-order valence-electron chi connectivity index (χ1n) is 4.73. The summed E-state index contributed by atoms with van der Waals surface area (Å²) in [6.45, 7) is 7.50. The maximum Gasteiger partial charge on any atom is 0.0991 e. The molecule has 0 amide bonds. The summed E-state index contributed by atoms with van der Waals surface area (Å²) in [5.41, 5.74) is 8.75. The highest BCUT2D eigenvalue weighted by molar-refractivity contribution is 7.83. The maximum absolute atomic E-state index is 8.59. The molecule has 0 fully saturated rings. The molecule has 1 aromatic rings. The summed E-state index contributed by atoms with van der Waals surface area (Å²) in [7, 11) is 0. The highest BCUT2D eigenvalue weighted by Gasteiger charge is 1.95. The number of hydrogen-bond donors (Lipinski definition) is 2. The zero-order chi connectivity index (χ0) is 12.6. The molecule has 84 valence electrons. The van der Waals surface area contributed by atoms with Crippen molar-refractivity contribution in [3.05, 3.63) is 53.0 Å². The lowest BCUT2D eigenvalue weighted by atomic mass is 10.1. The van der Waals surface area contributed by atoms with E-state index in [0.717, 1.165) is 5.56 Å². The summed E-state index contributed by atoms with van der Waals surface area (Å²) in [6.07, 6.45) is 0. The molecule has 0 radical (unpaired) electrons. The van der Waals surface area contributed by atoms with Crippen molar-refractivity contribution in [1.82, 2.24) is 0 Å². The van der Waals surface area contributed by atoms with Crippen LogP contribution in [0.5, 0.6) is 0 Å². The van der Waals surface area contributed by atoms with Gasteiger partial charge in [0.2, 0.25) is 0 Å². The Bertz CT molecular complexity index is 424. The molecular weight excluding hydrogens is 216 g/mol. The van der Waals surface area contributed by atoms with Crippen molar-refractivity contribution in [3.63, 3.8) is 0 Å². The van der Waals surface area contributed by atoms with E-state index in [1.165, 1.54) is 11.0 Å². The minimum absolute atomic E-state index is 0.565. The lowest BCUT2D eigenvalue weighted by Gasteiger charge is -1.99. The Morgan fingerprint density at radius 2 is 2.06 bits per heavy atom. The molecular formula is C13H16N2S. The number of hydrogen-bond acceptors (Lipinski definition) is 3. The van der Waals surface area contributed by atoms with E-state index >= 15 is 0 Å². The second-order valence-electron chi connectivity index (χ2n) is 3.48. The molecule has 2 nitrogen and oxygen atoms in total.